The van der Waals surface area contributed by atoms with Gasteiger partial charge in [0.2, 0.25) is 0 Å². The predicted molar refractivity (Wildman–Crippen MR) is 69.5 cm³/mol. The summed E-state index contributed by atoms with van der Waals surface area (Å²) in [5, 5.41) is 0. The van der Waals surface area contributed by atoms with Crippen molar-refractivity contribution in [2.24, 2.45) is 7.05 Å². The van der Waals surface area contributed by atoms with Crippen molar-refractivity contribution in [2.75, 3.05) is 0 Å². The highest BCUT2D eigenvalue weighted by Gasteiger charge is 2.46. The molecule has 3 aromatic rings. The summed E-state index contributed by atoms with van der Waals surface area (Å²) in [5.41, 5.74) is 1.58. The van der Waals surface area contributed by atoms with E-state index in [0.29, 0.717) is 16.7 Å². The average molecular weight is 296 g/mol. The summed E-state index contributed by atoms with van der Waals surface area (Å²) < 4.78 is 42.6. The topological polar surface area (TPSA) is 8.81 Å². The summed E-state index contributed by atoms with van der Waals surface area (Å²) >= 11 is 0. The second-order valence-electron chi connectivity index (χ2n) is 4.54. The van der Waals surface area contributed by atoms with Crippen molar-refractivity contribution in [1.29, 1.82) is 0 Å². The highest BCUT2D eigenvalue weighted by Crippen LogP contribution is 2.32. The summed E-state index contributed by atoms with van der Waals surface area (Å²) in [6, 6.07) is 15.4. The van der Waals surface area contributed by atoms with Crippen LogP contribution in [0.25, 0.3) is 16.7 Å². The third-order valence-corrected chi connectivity index (χ3v) is 3.28. The van der Waals surface area contributed by atoms with Crippen LogP contribution in [0, 0.1) is 0 Å². The molecule has 0 bridgehead atoms. The highest BCUT2D eigenvalue weighted by molar-refractivity contribution is 5.74. The molecule has 1 aromatic heterocycles. The van der Waals surface area contributed by atoms with Gasteiger partial charge in [0, 0.05) is 0 Å². The Bertz CT molecular complexity index is 760. The van der Waals surface area contributed by atoms with Crippen LogP contribution < -0.4 is 9.27 Å². The van der Waals surface area contributed by atoms with Crippen LogP contribution >= 0.6 is 0 Å². The Labute approximate surface area is 118 Å². The van der Waals surface area contributed by atoms with Crippen molar-refractivity contribution >= 4 is 11.0 Å². The maximum absolute atomic E-state index is 13.4. The first-order valence-electron chi connectivity index (χ1n) is 6.12. The van der Waals surface area contributed by atoms with E-state index in [1.165, 1.54) is 16.2 Å². The maximum Gasteiger partial charge on any atom is 0.495 e. The first kappa shape index (κ1) is 15.0. The number of benzene rings is 2. The average Bonchev–Trinajstić information content (AvgIpc) is 2.74. The lowest BCUT2D eigenvalue weighted by atomic mass is 10.3. The Hall–Kier alpha value is -2.37. The molecule has 21 heavy (non-hydrogen) atoms. The van der Waals surface area contributed by atoms with Gasteiger partial charge in [0.25, 0.3) is 0 Å². The predicted octanol–water partition coefficient (Wildman–Crippen LogP) is 0.478. The van der Waals surface area contributed by atoms with E-state index in [2.05, 4.69) is 0 Å². The van der Waals surface area contributed by atoms with Crippen LogP contribution in [0.3, 0.4) is 0 Å². The number of para-hydroxylation sites is 3. The van der Waals surface area contributed by atoms with E-state index in [1.54, 1.807) is 54.6 Å². The minimum Gasteiger partial charge on any atom is -1.00 e. The Balaban J connectivity index is 0.00000161. The molecule has 0 N–H and O–H groups in total. The zero-order valence-corrected chi connectivity index (χ0v) is 11.1. The molecule has 3 rings (SSSR count). The molecule has 6 heteroatoms. The molecule has 2 aromatic carbocycles. The number of hydrogen-bond acceptors (Lipinski definition) is 0. The fourth-order valence-electron chi connectivity index (χ4n) is 2.47. The number of imidazole rings is 1. The van der Waals surface area contributed by atoms with Gasteiger partial charge < -0.3 is 4.70 Å². The van der Waals surface area contributed by atoms with Gasteiger partial charge in [-0.15, -0.1) is 0 Å². The molecule has 2 nitrogen and oxygen atoms in total. The van der Waals surface area contributed by atoms with Crippen LogP contribution in [0.1, 0.15) is 5.82 Å². The van der Waals surface area contributed by atoms with Crippen molar-refractivity contribution in [3.8, 4) is 5.69 Å². The SMILES string of the molecule is C[n+]1c(C(F)(F)F)n(-c2ccccc2)c2ccccc21.[F-]. The molecule has 0 aliphatic carbocycles. The van der Waals surface area contributed by atoms with Gasteiger partial charge in [0.1, 0.15) is 5.69 Å². The Morgan fingerprint density at radius 1 is 0.905 bits per heavy atom. The number of rotatable bonds is 1. The minimum absolute atomic E-state index is 0. The summed E-state index contributed by atoms with van der Waals surface area (Å²) in [7, 11) is 1.44. The van der Waals surface area contributed by atoms with Crippen molar-refractivity contribution in [3.63, 3.8) is 0 Å². The number of aryl methyl sites for hydroxylation is 1. The van der Waals surface area contributed by atoms with E-state index in [0.717, 1.165) is 0 Å². The molecule has 0 saturated heterocycles. The Morgan fingerprint density at radius 2 is 1.48 bits per heavy atom. The summed E-state index contributed by atoms with van der Waals surface area (Å²) in [5.74, 6) is -0.690. The fraction of sp³-hybridized carbons (Fsp3) is 0.133. The lowest BCUT2D eigenvalue weighted by Gasteiger charge is -2.05. The minimum atomic E-state index is -4.43. The molecule has 1 heterocycles. The van der Waals surface area contributed by atoms with Gasteiger partial charge in [-0.25, -0.2) is 4.57 Å². The van der Waals surface area contributed by atoms with Gasteiger partial charge in [0.15, 0.2) is 11.0 Å². The van der Waals surface area contributed by atoms with Gasteiger partial charge >= 0.3 is 12.0 Å². The van der Waals surface area contributed by atoms with E-state index < -0.39 is 12.0 Å². The van der Waals surface area contributed by atoms with Crippen molar-refractivity contribution in [2.45, 2.75) is 6.18 Å². The van der Waals surface area contributed by atoms with E-state index in [9.17, 15) is 13.2 Å². The quantitative estimate of drug-likeness (QED) is 0.456. The van der Waals surface area contributed by atoms with Gasteiger partial charge in [-0.05, 0) is 24.3 Å². The van der Waals surface area contributed by atoms with Gasteiger partial charge in [-0.1, -0.05) is 30.3 Å². The second kappa shape index (κ2) is 5.20. The van der Waals surface area contributed by atoms with Gasteiger partial charge in [-0.3, -0.25) is 0 Å². The third-order valence-electron chi connectivity index (χ3n) is 3.28. The number of nitrogens with zero attached hydrogens (tertiary/aromatic N) is 2. The molecule has 0 atom stereocenters. The molecule has 0 radical (unpaired) electrons. The first-order valence-corrected chi connectivity index (χ1v) is 6.12. The van der Waals surface area contributed by atoms with Crippen LogP contribution in [-0.2, 0) is 13.2 Å². The normalized spacial score (nSPS) is 11.4. The second-order valence-corrected chi connectivity index (χ2v) is 4.54. The molecule has 110 valence electrons. The van der Waals surface area contributed by atoms with Crippen molar-refractivity contribution in [3.05, 3.63) is 60.4 Å². The Kier molecular flexibility index (Phi) is 3.72. The maximum atomic E-state index is 13.4. The number of halogens is 4. The molecule has 0 aliphatic heterocycles. The van der Waals surface area contributed by atoms with Gasteiger partial charge in [-0.2, -0.15) is 17.7 Å². The smallest absolute Gasteiger partial charge is 0.495 e. The Morgan fingerprint density at radius 3 is 2.10 bits per heavy atom. The number of aromatic nitrogens is 2. The zero-order chi connectivity index (χ0) is 14.3. The van der Waals surface area contributed by atoms with Crippen LogP contribution in [-0.4, -0.2) is 4.57 Å². The fourth-order valence-corrected chi connectivity index (χ4v) is 2.47. The number of alkyl halides is 3. The molecule has 0 fully saturated rings. The number of fused-ring (bicyclic) bond motifs is 1. The molecule has 0 unspecified atom stereocenters. The third kappa shape index (κ3) is 2.37. The van der Waals surface area contributed by atoms with Gasteiger partial charge in [0.05, 0.1) is 7.05 Å². The lowest BCUT2D eigenvalue weighted by Crippen LogP contribution is -3.00. The number of hydrogen-bond donors (Lipinski definition) is 0. The van der Waals surface area contributed by atoms with Crippen molar-refractivity contribution < 1.29 is 22.4 Å². The molecular weight excluding hydrogens is 284 g/mol. The lowest BCUT2D eigenvalue weighted by molar-refractivity contribution is -0.667. The standard InChI is InChI=1S/C15H12F3N2.FH/c1-19-12-9-5-6-10-13(12)20(14(19)15(16,17)18)11-7-3-2-4-8-11;/h2-10H,1H3;1H/q+1;/p-1. The molecule has 0 aliphatic rings. The largest absolute Gasteiger partial charge is 1.00 e. The summed E-state index contributed by atoms with van der Waals surface area (Å²) in [6.07, 6.45) is -4.43. The van der Waals surface area contributed by atoms with E-state index in [1.807, 2.05) is 0 Å². The monoisotopic (exact) mass is 296 g/mol. The van der Waals surface area contributed by atoms with Crippen LogP contribution in [0.2, 0.25) is 0 Å². The van der Waals surface area contributed by atoms with Crippen LogP contribution in [0.5, 0.6) is 0 Å². The van der Waals surface area contributed by atoms with Crippen LogP contribution in [0.4, 0.5) is 13.2 Å². The summed E-state index contributed by atoms with van der Waals surface area (Å²) in [6.45, 7) is 0. The molecular formula is C15H12F4N2. The molecule has 0 amide bonds. The van der Waals surface area contributed by atoms with E-state index in [4.69, 9.17) is 0 Å². The molecule has 0 saturated carbocycles. The van der Waals surface area contributed by atoms with Crippen LogP contribution in [0.15, 0.2) is 54.6 Å². The zero-order valence-electron chi connectivity index (χ0n) is 11.1. The molecule has 0 spiro atoms. The van der Waals surface area contributed by atoms with Crippen molar-refractivity contribution in [1.82, 2.24) is 4.57 Å². The van der Waals surface area contributed by atoms with E-state index >= 15 is 0 Å². The highest BCUT2D eigenvalue weighted by atomic mass is 19.4. The first-order chi connectivity index (χ1) is 9.50. The van der Waals surface area contributed by atoms with E-state index in [-0.39, 0.29) is 4.70 Å². The summed E-state index contributed by atoms with van der Waals surface area (Å²) in [4.78, 5) is 0.